The Bertz CT molecular complexity index is 260. The molecule has 1 unspecified atom stereocenters. The zero-order chi connectivity index (χ0) is 14.0. The second kappa shape index (κ2) is 9.67. The predicted molar refractivity (Wildman–Crippen MR) is 65.4 cm³/mol. The van der Waals surface area contributed by atoms with Gasteiger partial charge < -0.3 is 25.2 Å². The van der Waals surface area contributed by atoms with Crippen molar-refractivity contribution in [2.75, 3.05) is 33.4 Å². The Morgan fingerprint density at radius 1 is 1.44 bits per heavy atom. The van der Waals surface area contributed by atoms with Crippen LogP contribution in [0.2, 0.25) is 0 Å². The summed E-state index contributed by atoms with van der Waals surface area (Å²) in [6.45, 7) is 2.79. The summed E-state index contributed by atoms with van der Waals surface area (Å²) in [7, 11) is 1.61. The summed E-state index contributed by atoms with van der Waals surface area (Å²) in [5.74, 6) is -0.962. The number of rotatable bonds is 9. The minimum Gasteiger partial charge on any atom is -0.481 e. The molecule has 0 fully saturated rings. The molecule has 0 aromatic rings. The third-order valence-electron chi connectivity index (χ3n) is 2.28. The van der Waals surface area contributed by atoms with Gasteiger partial charge >= 0.3 is 12.0 Å². The molecule has 106 valence electrons. The molecule has 7 heteroatoms. The van der Waals surface area contributed by atoms with E-state index < -0.39 is 12.1 Å². The van der Waals surface area contributed by atoms with E-state index in [0.717, 1.165) is 0 Å². The molecule has 0 rings (SSSR count). The van der Waals surface area contributed by atoms with Gasteiger partial charge in [-0.05, 0) is 13.3 Å². The van der Waals surface area contributed by atoms with Gasteiger partial charge in [0.1, 0.15) is 0 Å². The number of amides is 2. The molecule has 0 bridgehead atoms. The maximum atomic E-state index is 11.6. The van der Waals surface area contributed by atoms with Crippen molar-refractivity contribution in [1.29, 1.82) is 0 Å². The number of aliphatic hydroxyl groups is 1. The van der Waals surface area contributed by atoms with Gasteiger partial charge in [-0.3, -0.25) is 4.79 Å². The van der Waals surface area contributed by atoms with Gasteiger partial charge in [0.2, 0.25) is 0 Å². The molecule has 0 aliphatic carbocycles. The highest BCUT2D eigenvalue weighted by atomic mass is 16.5. The average molecular weight is 262 g/mol. The molecule has 0 aromatic carbocycles. The number of carboxylic acids is 1. The minimum absolute atomic E-state index is 0.0260. The van der Waals surface area contributed by atoms with Crippen LogP contribution in [0.1, 0.15) is 19.8 Å². The highest BCUT2D eigenvalue weighted by molar-refractivity contribution is 5.74. The van der Waals surface area contributed by atoms with Crippen molar-refractivity contribution in [3.8, 4) is 0 Å². The van der Waals surface area contributed by atoms with Crippen LogP contribution in [0.3, 0.4) is 0 Å². The Morgan fingerprint density at radius 3 is 2.61 bits per heavy atom. The molecule has 1 atom stereocenters. The first-order valence-electron chi connectivity index (χ1n) is 5.94. The molecule has 0 aliphatic rings. The molecule has 7 nitrogen and oxygen atoms in total. The van der Waals surface area contributed by atoms with Crippen LogP contribution < -0.4 is 5.32 Å². The topological polar surface area (TPSA) is 99.1 Å². The third-order valence-corrected chi connectivity index (χ3v) is 2.28. The smallest absolute Gasteiger partial charge is 0.317 e. The van der Waals surface area contributed by atoms with E-state index in [1.807, 2.05) is 0 Å². The van der Waals surface area contributed by atoms with Crippen LogP contribution in [0.15, 0.2) is 0 Å². The molecule has 0 saturated heterocycles. The van der Waals surface area contributed by atoms with Crippen molar-refractivity contribution in [1.82, 2.24) is 10.2 Å². The van der Waals surface area contributed by atoms with Crippen LogP contribution in [-0.4, -0.2) is 66.6 Å². The highest BCUT2D eigenvalue weighted by Gasteiger charge is 2.15. The number of hydrogen-bond donors (Lipinski definition) is 3. The van der Waals surface area contributed by atoms with Crippen molar-refractivity contribution in [3.05, 3.63) is 0 Å². The second-order valence-electron chi connectivity index (χ2n) is 3.86. The van der Waals surface area contributed by atoms with Gasteiger partial charge in [-0.25, -0.2) is 4.79 Å². The number of aliphatic hydroxyl groups excluding tert-OH is 1. The first-order chi connectivity index (χ1) is 8.51. The van der Waals surface area contributed by atoms with E-state index in [9.17, 15) is 9.59 Å². The fourth-order valence-corrected chi connectivity index (χ4v) is 1.37. The molecule has 0 radical (unpaired) electrons. The molecule has 0 aliphatic heterocycles. The maximum Gasteiger partial charge on any atom is 0.317 e. The quantitative estimate of drug-likeness (QED) is 0.538. The van der Waals surface area contributed by atoms with Gasteiger partial charge in [0.15, 0.2) is 0 Å². The summed E-state index contributed by atoms with van der Waals surface area (Å²) >= 11 is 0. The monoisotopic (exact) mass is 262 g/mol. The molecule has 0 saturated carbocycles. The van der Waals surface area contributed by atoms with E-state index in [2.05, 4.69) is 5.32 Å². The number of nitrogens with one attached hydrogen (secondary N) is 1. The van der Waals surface area contributed by atoms with Crippen molar-refractivity contribution in [2.45, 2.75) is 25.9 Å². The summed E-state index contributed by atoms with van der Waals surface area (Å²) in [4.78, 5) is 23.6. The van der Waals surface area contributed by atoms with Gasteiger partial charge in [-0.15, -0.1) is 0 Å². The van der Waals surface area contributed by atoms with E-state index in [0.29, 0.717) is 19.6 Å². The Kier molecular flexibility index (Phi) is 8.95. The van der Waals surface area contributed by atoms with E-state index in [4.69, 9.17) is 14.9 Å². The first-order valence-corrected chi connectivity index (χ1v) is 5.94. The average Bonchev–Trinajstić information content (AvgIpc) is 2.32. The summed E-state index contributed by atoms with van der Waals surface area (Å²) in [6.07, 6.45) is -0.162. The molecule has 0 spiro atoms. The second-order valence-corrected chi connectivity index (χ2v) is 3.86. The van der Waals surface area contributed by atoms with Crippen molar-refractivity contribution >= 4 is 12.0 Å². The van der Waals surface area contributed by atoms with Crippen molar-refractivity contribution in [2.24, 2.45) is 0 Å². The van der Waals surface area contributed by atoms with Gasteiger partial charge in [-0.1, -0.05) is 0 Å². The first kappa shape index (κ1) is 16.7. The Hall–Kier alpha value is -1.34. The minimum atomic E-state index is -0.962. The number of hydrogen-bond acceptors (Lipinski definition) is 4. The molecular formula is C11H22N2O5. The normalized spacial score (nSPS) is 11.9. The van der Waals surface area contributed by atoms with E-state index in [-0.39, 0.29) is 25.6 Å². The lowest BCUT2D eigenvalue weighted by molar-refractivity contribution is -0.140. The van der Waals surface area contributed by atoms with Crippen molar-refractivity contribution in [3.63, 3.8) is 0 Å². The number of carboxylic acid groups (broad SMARTS) is 1. The molecule has 2 amide bonds. The SMILES string of the molecule is CCOC(CNC(=O)N(C)CCCO)CC(=O)O. The third kappa shape index (κ3) is 7.86. The van der Waals surface area contributed by atoms with Crippen LogP contribution in [0.5, 0.6) is 0 Å². The Labute approximate surface area is 107 Å². The summed E-state index contributed by atoms with van der Waals surface area (Å²) in [5, 5.41) is 19.9. The molecule has 18 heavy (non-hydrogen) atoms. The van der Waals surface area contributed by atoms with E-state index >= 15 is 0 Å². The van der Waals surface area contributed by atoms with Crippen molar-refractivity contribution < 1.29 is 24.5 Å². The van der Waals surface area contributed by atoms with Gasteiger partial charge in [0, 0.05) is 33.4 Å². The van der Waals surface area contributed by atoms with Gasteiger partial charge in [0.25, 0.3) is 0 Å². The van der Waals surface area contributed by atoms with Crippen LogP contribution in [0.25, 0.3) is 0 Å². The predicted octanol–water partition coefficient (Wildman–Crippen LogP) is -0.110. The molecule has 3 N–H and O–H groups in total. The lowest BCUT2D eigenvalue weighted by Gasteiger charge is -2.20. The van der Waals surface area contributed by atoms with E-state index in [1.165, 1.54) is 4.90 Å². The fourth-order valence-electron chi connectivity index (χ4n) is 1.37. The fraction of sp³-hybridized carbons (Fsp3) is 0.818. The summed E-state index contributed by atoms with van der Waals surface area (Å²) in [5.41, 5.74) is 0. The number of carbonyl (C=O) groups excluding carboxylic acids is 1. The number of nitrogens with zero attached hydrogens (tertiary/aromatic N) is 1. The van der Waals surface area contributed by atoms with Gasteiger partial charge in [-0.2, -0.15) is 0 Å². The zero-order valence-electron chi connectivity index (χ0n) is 10.9. The van der Waals surface area contributed by atoms with Crippen LogP contribution in [0, 0.1) is 0 Å². The Morgan fingerprint density at radius 2 is 2.11 bits per heavy atom. The highest BCUT2D eigenvalue weighted by Crippen LogP contribution is 1.98. The largest absolute Gasteiger partial charge is 0.481 e. The number of ether oxygens (including phenoxy) is 1. The number of carbonyl (C=O) groups is 2. The lowest BCUT2D eigenvalue weighted by atomic mass is 10.2. The molecular weight excluding hydrogens is 240 g/mol. The van der Waals surface area contributed by atoms with Crippen LogP contribution in [0.4, 0.5) is 4.79 Å². The number of aliphatic carboxylic acids is 1. The summed E-state index contributed by atoms with van der Waals surface area (Å²) in [6, 6.07) is -0.307. The van der Waals surface area contributed by atoms with E-state index in [1.54, 1.807) is 14.0 Å². The lowest BCUT2D eigenvalue weighted by Crippen LogP contribution is -2.42. The maximum absolute atomic E-state index is 11.6. The number of urea groups is 1. The Balaban J connectivity index is 4.01. The molecule has 0 heterocycles. The summed E-state index contributed by atoms with van der Waals surface area (Å²) < 4.78 is 5.21. The molecule has 0 aromatic heterocycles. The standard InChI is InChI=1S/C11H22N2O5/c1-3-18-9(7-10(15)16)8-12-11(17)13(2)5-4-6-14/h9,14H,3-8H2,1-2H3,(H,12,17)(H,15,16). The van der Waals surface area contributed by atoms with Crippen LogP contribution in [-0.2, 0) is 9.53 Å². The zero-order valence-corrected chi connectivity index (χ0v) is 10.9. The van der Waals surface area contributed by atoms with Crippen LogP contribution >= 0.6 is 0 Å². The van der Waals surface area contributed by atoms with Gasteiger partial charge in [0.05, 0.1) is 12.5 Å².